The highest BCUT2D eigenvalue weighted by Crippen LogP contribution is 2.29. The minimum atomic E-state index is -0.976. The number of methoxy groups -OCH3 is 2. The fourth-order valence-electron chi connectivity index (χ4n) is 2.14. The van der Waals surface area contributed by atoms with Gasteiger partial charge in [-0.1, -0.05) is 19.0 Å². The van der Waals surface area contributed by atoms with Gasteiger partial charge in [0.15, 0.2) is 5.84 Å². The first kappa shape index (κ1) is 18.7. The molecule has 1 amide bonds. The van der Waals surface area contributed by atoms with E-state index < -0.39 is 5.41 Å². The molecule has 0 saturated heterocycles. The second kappa shape index (κ2) is 9.55. The molecule has 3 N–H and O–H groups in total. The van der Waals surface area contributed by atoms with E-state index in [4.69, 9.17) is 20.4 Å². The maximum Gasteiger partial charge on any atom is 0.236 e. The summed E-state index contributed by atoms with van der Waals surface area (Å²) < 4.78 is 10.0. The van der Waals surface area contributed by atoms with Gasteiger partial charge in [-0.2, -0.15) is 0 Å². The lowest BCUT2D eigenvalue weighted by molar-refractivity contribution is -0.140. The molecule has 0 radical (unpaired) electrons. The van der Waals surface area contributed by atoms with Gasteiger partial charge in [-0.3, -0.25) is 4.79 Å². The third-order valence-electron chi connectivity index (χ3n) is 3.63. The lowest BCUT2D eigenvalue weighted by Gasteiger charge is -2.35. The molecule has 0 aliphatic carbocycles. The van der Waals surface area contributed by atoms with Crippen molar-refractivity contribution in [2.75, 3.05) is 40.5 Å². The van der Waals surface area contributed by atoms with Crippen LogP contribution >= 0.6 is 0 Å². The Balaban J connectivity index is 5.23. The highest BCUT2D eigenvalue weighted by molar-refractivity contribution is 6.06. The zero-order valence-corrected chi connectivity index (χ0v) is 12.9. The molecule has 0 aromatic carbocycles. The first-order chi connectivity index (χ1) is 9.53. The Morgan fingerprint density at radius 3 is 1.95 bits per heavy atom. The van der Waals surface area contributed by atoms with Crippen molar-refractivity contribution in [3.8, 4) is 0 Å². The quantitative estimate of drug-likeness (QED) is 0.266. The summed E-state index contributed by atoms with van der Waals surface area (Å²) in [4.78, 5) is 14.4. The number of ether oxygens (including phenoxy) is 2. The van der Waals surface area contributed by atoms with Gasteiger partial charge in [-0.15, -0.1) is 0 Å². The molecule has 0 aliphatic heterocycles. The predicted octanol–water partition coefficient (Wildman–Crippen LogP) is 0.661. The number of oxime groups is 1. The number of amides is 1. The van der Waals surface area contributed by atoms with E-state index in [9.17, 15) is 4.79 Å². The van der Waals surface area contributed by atoms with Crippen molar-refractivity contribution < 1.29 is 19.5 Å². The van der Waals surface area contributed by atoms with Gasteiger partial charge in [0.05, 0.1) is 13.2 Å². The first-order valence-corrected chi connectivity index (χ1v) is 6.79. The Morgan fingerprint density at radius 1 is 1.20 bits per heavy atom. The van der Waals surface area contributed by atoms with Crippen LogP contribution in [0.1, 0.15) is 26.7 Å². The van der Waals surface area contributed by atoms with Crippen LogP contribution < -0.4 is 5.73 Å². The Kier molecular flexibility index (Phi) is 8.91. The van der Waals surface area contributed by atoms with Crippen LogP contribution in [0.2, 0.25) is 0 Å². The first-order valence-electron chi connectivity index (χ1n) is 6.79. The lowest BCUT2D eigenvalue weighted by Crippen LogP contribution is -2.52. The van der Waals surface area contributed by atoms with Crippen molar-refractivity contribution >= 4 is 11.7 Å². The molecule has 0 aromatic rings. The van der Waals surface area contributed by atoms with Gasteiger partial charge in [-0.25, -0.2) is 0 Å². The summed E-state index contributed by atoms with van der Waals surface area (Å²) in [5.41, 5.74) is 4.78. The Bertz CT molecular complexity index is 309. The Labute approximate surface area is 120 Å². The van der Waals surface area contributed by atoms with Crippen molar-refractivity contribution in [1.29, 1.82) is 0 Å². The molecule has 7 nitrogen and oxygen atoms in total. The molecular weight excluding hydrogens is 262 g/mol. The van der Waals surface area contributed by atoms with Crippen molar-refractivity contribution in [2.24, 2.45) is 16.3 Å². The van der Waals surface area contributed by atoms with Crippen LogP contribution in [-0.4, -0.2) is 62.4 Å². The number of rotatable bonds is 10. The predicted molar refractivity (Wildman–Crippen MR) is 76.8 cm³/mol. The molecule has 0 rings (SSSR count). The lowest BCUT2D eigenvalue weighted by atomic mass is 9.79. The van der Waals surface area contributed by atoms with E-state index in [1.807, 2.05) is 13.8 Å². The van der Waals surface area contributed by atoms with E-state index in [0.717, 1.165) is 0 Å². The van der Waals surface area contributed by atoms with E-state index >= 15 is 0 Å². The average Bonchev–Trinajstić information content (AvgIpc) is 2.48. The average molecular weight is 289 g/mol. The third kappa shape index (κ3) is 4.35. The fourth-order valence-corrected chi connectivity index (χ4v) is 2.14. The summed E-state index contributed by atoms with van der Waals surface area (Å²) in [6.45, 7) is 5.44. The smallest absolute Gasteiger partial charge is 0.236 e. The van der Waals surface area contributed by atoms with Crippen molar-refractivity contribution in [3.05, 3.63) is 0 Å². The van der Waals surface area contributed by atoms with Crippen molar-refractivity contribution in [2.45, 2.75) is 26.7 Å². The Morgan fingerprint density at radius 2 is 1.65 bits per heavy atom. The van der Waals surface area contributed by atoms with Gasteiger partial charge in [0.25, 0.3) is 0 Å². The van der Waals surface area contributed by atoms with Crippen LogP contribution in [0.4, 0.5) is 0 Å². The van der Waals surface area contributed by atoms with Crippen LogP contribution in [0, 0.1) is 5.41 Å². The zero-order valence-electron chi connectivity index (χ0n) is 12.9. The topological polar surface area (TPSA) is 97.4 Å². The third-order valence-corrected chi connectivity index (χ3v) is 3.63. The Hall–Kier alpha value is -1.34. The summed E-state index contributed by atoms with van der Waals surface area (Å²) in [5, 5.41) is 12.0. The molecule has 0 atom stereocenters. The SMILES string of the molecule is CCC(CC)(C(=O)N(CCOC)CCOC)C(N)=NO. The summed E-state index contributed by atoms with van der Waals surface area (Å²) in [6.07, 6.45) is 0.934. The molecule has 7 heteroatoms. The van der Waals surface area contributed by atoms with Gasteiger partial charge in [0, 0.05) is 27.3 Å². The number of amidine groups is 1. The molecule has 20 heavy (non-hydrogen) atoms. The second-order valence-corrected chi connectivity index (χ2v) is 4.55. The number of carbonyl (C=O) groups is 1. The zero-order chi connectivity index (χ0) is 15.6. The molecule has 0 unspecified atom stereocenters. The minimum Gasteiger partial charge on any atom is -0.409 e. The number of hydrogen-bond acceptors (Lipinski definition) is 5. The summed E-state index contributed by atoms with van der Waals surface area (Å²) in [5.74, 6) is -0.209. The summed E-state index contributed by atoms with van der Waals surface area (Å²) >= 11 is 0. The minimum absolute atomic E-state index is 0.0488. The van der Waals surface area contributed by atoms with Crippen molar-refractivity contribution in [1.82, 2.24) is 4.90 Å². The molecule has 118 valence electrons. The second-order valence-electron chi connectivity index (χ2n) is 4.55. The van der Waals surface area contributed by atoms with E-state index in [-0.39, 0.29) is 11.7 Å². The van der Waals surface area contributed by atoms with Gasteiger partial charge in [0.1, 0.15) is 5.41 Å². The maximum atomic E-state index is 12.8. The van der Waals surface area contributed by atoms with E-state index in [1.165, 1.54) is 0 Å². The van der Waals surface area contributed by atoms with Gasteiger partial charge in [0.2, 0.25) is 5.91 Å². The fraction of sp³-hybridized carbons (Fsp3) is 0.846. The molecule has 0 saturated carbocycles. The molecule has 0 bridgehead atoms. The summed E-state index contributed by atoms with van der Waals surface area (Å²) in [7, 11) is 3.16. The molecule has 0 heterocycles. The van der Waals surface area contributed by atoms with Gasteiger partial charge >= 0.3 is 0 Å². The van der Waals surface area contributed by atoms with Crippen LogP contribution in [0.5, 0.6) is 0 Å². The maximum absolute atomic E-state index is 12.8. The number of nitrogens with zero attached hydrogens (tertiary/aromatic N) is 2. The summed E-state index contributed by atoms with van der Waals surface area (Å²) in [6, 6.07) is 0. The van der Waals surface area contributed by atoms with Crippen LogP contribution in [-0.2, 0) is 14.3 Å². The molecule has 0 aromatic heterocycles. The standard InChI is InChI=1S/C13H27N3O4/c1-5-13(6-2,11(14)15-18)12(17)16(7-9-19-3)8-10-20-4/h18H,5-10H2,1-4H3,(H2,14,15). The van der Waals surface area contributed by atoms with Crippen LogP contribution in [0.15, 0.2) is 5.16 Å². The van der Waals surface area contributed by atoms with Crippen molar-refractivity contribution in [3.63, 3.8) is 0 Å². The largest absolute Gasteiger partial charge is 0.409 e. The van der Waals surface area contributed by atoms with Gasteiger partial charge < -0.3 is 25.3 Å². The molecule has 0 spiro atoms. The normalized spacial score (nSPS) is 12.5. The van der Waals surface area contributed by atoms with Crippen LogP contribution in [0.3, 0.4) is 0 Å². The highest BCUT2D eigenvalue weighted by atomic mass is 16.5. The van der Waals surface area contributed by atoms with E-state index in [0.29, 0.717) is 39.1 Å². The number of carbonyl (C=O) groups excluding carboxylic acids is 1. The van der Waals surface area contributed by atoms with E-state index in [2.05, 4.69) is 5.16 Å². The number of hydrogen-bond donors (Lipinski definition) is 2. The van der Waals surface area contributed by atoms with E-state index in [1.54, 1.807) is 19.1 Å². The number of nitrogens with two attached hydrogens (primary N) is 1. The highest BCUT2D eigenvalue weighted by Gasteiger charge is 2.42. The monoisotopic (exact) mass is 289 g/mol. The van der Waals surface area contributed by atoms with Crippen LogP contribution in [0.25, 0.3) is 0 Å². The molecule has 0 aliphatic rings. The molecular formula is C13H27N3O4. The molecule has 0 fully saturated rings. The van der Waals surface area contributed by atoms with Gasteiger partial charge in [-0.05, 0) is 12.8 Å².